The highest BCUT2D eigenvalue weighted by Gasteiger charge is 2.13. The minimum absolute atomic E-state index is 0.273. The second-order valence-electron chi connectivity index (χ2n) is 6.26. The maximum Gasteiger partial charge on any atom is 0.231 e. The number of ether oxygens (including phenoxy) is 2. The summed E-state index contributed by atoms with van der Waals surface area (Å²) in [6.07, 6.45) is 0. The van der Waals surface area contributed by atoms with Gasteiger partial charge in [0, 0.05) is 23.3 Å². The monoisotopic (exact) mass is 382 g/mol. The number of anilines is 3. The molecule has 0 radical (unpaired) electrons. The number of hydrogen-bond donors (Lipinski definition) is 2. The molecular weight excluding hydrogens is 364 g/mol. The van der Waals surface area contributed by atoms with Crippen molar-refractivity contribution in [2.45, 2.75) is 20.4 Å². The third-order valence-electron chi connectivity index (χ3n) is 4.28. The molecule has 0 atom stereocenters. The van der Waals surface area contributed by atoms with Crippen LogP contribution < -0.4 is 20.1 Å². The number of halogens is 1. The van der Waals surface area contributed by atoms with Crippen molar-refractivity contribution < 1.29 is 9.47 Å². The van der Waals surface area contributed by atoms with Crippen LogP contribution in [0.1, 0.15) is 17.0 Å². The van der Waals surface area contributed by atoms with Gasteiger partial charge in [-0.25, -0.2) is 9.97 Å². The Morgan fingerprint density at radius 2 is 1.81 bits per heavy atom. The molecule has 0 amide bonds. The average molecular weight is 383 g/mol. The van der Waals surface area contributed by atoms with Gasteiger partial charge in [-0.3, -0.25) is 0 Å². The topological polar surface area (TPSA) is 68.3 Å². The zero-order valence-electron chi connectivity index (χ0n) is 15.0. The summed E-state index contributed by atoms with van der Waals surface area (Å²) in [4.78, 5) is 8.92. The number of aryl methyl sites for hydroxylation is 1. The first-order chi connectivity index (χ1) is 13.1. The highest BCUT2D eigenvalue weighted by Crippen LogP contribution is 2.32. The fourth-order valence-corrected chi connectivity index (χ4v) is 3.02. The summed E-state index contributed by atoms with van der Waals surface area (Å²) in [7, 11) is 0. The number of aromatic nitrogens is 2. The minimum Gasteiger partial charge on any atom is -0.454 e. The van der Waals surface area contributed by atoms with Crippen molar-refractivity contribution in [3.8, 4) is 11.5 Å². The largest absolute Gasteiger partial charge is 0.454 e. The quantitative estimate of drug-likeness (QED) is 0.658. The van der Waals surface area contributed by atoms with Crippen LogP contribution in [0.2, 0.25) is 5.02 Å². The molecule has 2 N–H and O–H groups in total. The van der Waals surface area contributed by atoms with E-state index in [2.05, 4.69) is 20.6 Å². The second kappa shape index (κ2) is 7.32. The first-order valence-electron chi connectivity index (χ1n) is 8.59. The van der Waals surface area contributed by atoms with Crippen LogP contribution in [0.4, 0.5) is 17.3 Å². The first kappa shape index (κ1) is 17.4. The van der Waals surface area contributed by atoms with Crippen molar-refractivity contribution in [2.75, 3.05) is 17.4 Å². The number of rotatable bonds is 5. The molecule has 1 aliphatic heterocycles. The van der Waals surface area contributed by atoms with Gasteiger partial charge in [0.05, 0.1) is 0 Å². The normalized spacial score (nSPS) is 12.1. The number of benzene rings is 2. The smallest absolute Gasteiger partial charge is 0.231 e. The van der Waals surface area contributed by atoms with E-state index in [1.807, 2.05) is 56.3 Å². The second-order valence-corrected chi connectivity index (χ2v) is 6.67. The average Bonchev–Trinajstić information content (AvgIpc) is 3.11. The Labute approximate surface area is 162 Å². The number of fused-ring (bicyclic) bond motifs is 1. The van der Waals surface area contributed by atoms with Crippen LogP contribution >= 0.6 is 11.6 Å². The lowest BCUT2D eigenvalue weighted by Crippen LogP contribution is -2.05. The van der Waals surface area contributed by atoms with E-state index < -0.39 is 0 Å². The maximum absolute atomic E-state index is 6.20. The summed E-state index contributed by atoms with van der Waals surface area (Å²) >= 11 is 6.20. The van der Waals surface area contributed by atoms with Gasteiger partial charge in [0.25, 0.3) is 0 Å². The van der Waals surface area contributed by atoms with E-state index in [0.717, 1.165) is 34.1 Å². The molecule has 2 heterocycles. The fourth-order valence-electron chi connectivity index (χ4n) is 2.85. The van der Waals surface area contributed by atoms with Crippen molar-refractivity contribution in [3.05, 3.63) is 64.4 Å². The summed E-state index contributed by atoms with van der Waals surface area (Å²) in [6, 6.07) is 13.5. The zero-order valence-corrected chi connectivity index (χ0v) is 15.8. The molecule has 0 bridgehead atoms. The van der Waals surface area contributed by atoms with Crippen LogP contribution in [0.3, 0.4) is 0 Å². The molecule has 6 nitrogen and oxygen atoms in total. The lowest BCUT2D eigenvalue weighted by Gasteiger charge is -2.12. The van der Waals surface area contributed by atoms with Crippen molar-refractivity contribution >= 4 is 28.9 Å². The Bertz CT molecular complexity index is 994. The van der Waals surface area contributed by atoms with Crippen LogP contribution in [0.15, 0.2) is 42.5 Å². The van der Waals surface area contributed by atoms with E-state index in [0.29, 0.717) is 23.2 Å². The Kier molecular flexibility index (Phi) is 4.73. The number of hydrogen-bond acceptors (Lipinski definition) is 6. The third kappa shape index (κ3) is 3.90. The predicted molar refractivity (Wildman–Crippen MR) is 106 cm³/mol. The molecule has 0 unspecified atom stereocenters. The van der Waals surface area contributed by atoms with Gasteiger partial charge in [-0.05, 0) is 49.2 Å². The van der Waals surface area contributed by atoms with Gasteiger partial charge >= 0.3 is 0 Å². The van der Waals surface area contributed by atoms with E-state index in [4.69, 9.17) is 21.1 Å². The molecule has 3 aromatic rings. The van der Waals surface area contributed by atoms with Crippen LogP contribution in [-0.2, 0) is 6.54 Å². The van der Waals surface area contributed by atoms with Crippen LogP contribution in [0, 0.1) is 13.8 Å². The Morgan fingerprint density at radius 3 is 2.70 bits per heavy atom. The molecule has 1 aliphatic rings. The SMILES string of the molecule is Cc1nc(NCc2ccc3c(c2)OCO3)cc(Nc2cccc(Cl)c2C)n1. The Balaban J connectivity index is 1.49. The summed E-state index contributed by atoms with van der Waals surface area (Å²) in [5.41, 5.74) is 2.98. The zero-order chi connectivity index (χ0) is 18.8. The molecule has 138 valence electrons. The maximum atomic E-state index is 6.20. The molecule has 2 aromatic carbocycles. The number of nitrogens with one attached hydrogen (secondary N) is 2. The van der Waals surface area contributed by atoms with E-state index in [1.165, 1.54) is 0 Å². The van der Waals surface area contributed by atoms with Crippen LogP contribution in [-0.4, -0.2) is 16.8 Å². The third-order valence-corrected chi connectivity index (χ3v) is 4.69. The van der Waals surface area contributed by atoms with E-state index in [1.54, 1.807) is 0 Å². The van der Waals surface area contributed by atoms with Crippen LogP contribution in [0.5, 0.6) is 11.5 Å². The number of nitrogens with zero attached hydrogens (tertiary/aromatic N) is 2. The van der Waals surface area contributed by atoms with Crippen molar-refractivity contribution in [1.82, 2.24) is 9.97 Å². The van der Waals surface area contributed by atoms with Crippen molar-refractivity contribution in [3.63, 3.8) is 0 Å². The van der Waals surface area contributed by atoms with Gasteiger partial charge in [-0.1, -0.05) is 23.7 Å². The van der Waals surface area contributed by atoms with E-state index in [-0.39, 0.29) is 6.79 Å². The van der Waals surface area contributed by atoms with Gasteiger partial charge in [-0.15, -0.1) is 0 Å². The lowest BCUT2D eigenvalue weighted by atomic mass is 10.2. The van der Waals surface area contributed by atoms with Gasteiger partial charge in [0.1, 0.15) is 17.5 Å². The molecule has 27 heavy (non-hydrogen) atoms. The standard InChI is InChI=1S/C20H19ClN4O2/c1-12-15(21)4-3-5-16(12)25-20-9-19(23-13(2)24-20)22-10-14-6-7-17-18(8-14)27-11-26-17/h3-9H,10-11H2,1-2H3,(H2,22,23,24,25). The molecule has 0 saturated carbocycles. The molecule has 0 aliphatic carbocycles. The summed E-state index contributed by atoms with van der Waals surface area (Å²) in [5.74, 6) is 3.67. The predicted octanol–water partition coefficient (Wildman–Crippen LogP) is 4.83. The Morgan fingerprint density at radius 1 is 1.00 bits per heavy atom. The highest BCUT2D eigenvalue weighted by atomic mass is 35.5. The fraction of sp³-hybridized carbons (Fsp3) is 0.200. The summed E-state index contributed by atoms with van der Waals surface area (Å²) in [5, 5.41) is 7.36. The van der Waals surface area contributed by atoms with Crippen LogP contribution in [0.25, 0.3) is 0 Å². The van der Waals surface area contributed by atoms with Gasteiger partial charge in [0.15, 0.2) is 11.5 Å². The lowest BCUT2D eigenvalue weighted by molar-refractivity contribution is 0.174. The minimum atomic E-state index is 0.273. The van der Waals surface area contributed by atoms with Gasteiger partial charge < -0.3 is 20.1 Å². The van der Waals surface area contributed by atoms with Gasteiger partial charge in [0.2, 0.25) is 6.79 Å². The molecule has 7 heteroatoms. The Hall–Kier alpha value is -2.99. The molecule has 1 aromatic heterocycles. The molecule has 4 rings (SSSR count). The van der Waals surface area contributed by atoms with Crippen molar-refractivity contribution in [2.24, 2.45) is 0 Å². The molecule has 0 saturated heterocycles. The van der Waals surface area contributed by atoms with Gasteiger partial charge in [-0.2, -0.15) is 0 Å². The van der Waals surface area contributed by atoms with E-state index in [9.17, 15) is 0 Å². The van der Waals surface area contributed by atoms with Crippen molar-refractivity contribution in [1.29, 1.82) is 0 Å². The summed E-state index contributed by atoms with van der Waals surface area (Å²) < 4.78 is 10.8. The summed E-state index contributed by atoms with van der Waals surface area (Å²) in [6.45, 7) is 4.72. The highest BCUT2D eigenvalue weighted by molar-refractivity contribution is 6.31. The first-order valence-corrected chi connectivity index (χ1v) is 8.96. The molecule has 0 spiro atoms. The molecule has 0 fully saturated rings. The molecular formula is C20H19ClN4O2. The van der Waals surface area contributed by atoms with E-state index >= 15 is 0 Å².